The normalized spacial score (nSPS) is 29.9. The number of halogens is 1. The molecule has 2 fully saturated rings. The maximum absolute atomic E-state index is 12.5. The number of nitrogens with one attached hydrogen (secondary N) is 1. The highest BCUT2D eigenvalue weighted by molar-refractivity contribution is 5.88. The lowest BCUT2D eigenvalue weighted by Gasteiger charge is -2.57. The topological polar surface area (TPSA) is 73.6 Å². The van der Waals surface area contributed by atoms with Gasteiger partial charge >= 0.3 is 0 Å². The Morgan fingerprint density at radius 1 is 1.17 bits per heavy atom. The summed E-state index contributed by atoms with van der Waals surface area (Å²) >= 11 is 0. The molecule has 2 saturated carbocycles. The van der Waals surface area contributed by atoms with E-state index in [1.165, 1.54) is 25.7 Å². The van der Waals surface area contributed by atoms with Gasteiger partial charge in [0.1, 0.15) is 5.54 Å². The molecule has 2 aliphatic carbocycles. The second-order valence-electron chi connectivity index (χ2n) is 7.58. The molecule has 0 spiro atoms. The fourth-order valence-corrected chi connectivity index (χ4v) is 3.78. The average Bonchev–Trinajstić information content (AvgIpc) is 2.79. The lowest BCUT2D eigenvalue weighted by molar-refractivity contribution is -0.170. The van der Waals surface area contributed by atoms with Crippen LogP contribution in [0.2, 0.25) is 0 Å². The smallest absolute Gasteiger partial charge is 0.240 e. The van der Waals surface area contributed by atoms with Gasteiger partial charge in [-0.2, -0.15) is 0 Å². The number of carbonyl (C=O) groups is 1. The van der Waals surface area contributed by atoms with Crippen molar-refractivity contribution in [3.05, 3.63) is 0 Å². The van der Waals surface area contributed by atoms with Gasteiger partial charge in [0.15, 0.2) is 0 Å². The van der Waals surface area contributed by atoms with Crippen molar-refractivity contribution < 1.29 is 14.3 Å². The first-order valence-electron chi connectivity index (χ1n) is 9.22. The number of nitrogens with two attached hydrogens (primary N) is 1. The summed E-state index contributed by atoms with van der Waals surface area (Å²) in [5.74, 6) is -0.0806. The van der Waals surface area contributed by atoms with Crippen molar-refractivity contribution in [1.29, 1.82) is 0 Å². The molecular formula is C18H35ClN2O3. The Morgan fingerprint density at radius 2 is 1.79 bits per heavy atom. The van der Waals surface area contributed by atoms with Gasteiger partial charge in [0.25, 0.3) is 0 Å². The summed E-state index contributed by atoms with van der Waals surface area (Å²) in [6.45, 7) is 7.75. The first kappa shape index (κ1) is 21.7. The average molecular weight is 363 g/mol. The third-order valence-corrected chi connectivity index (χ3v) is 5.78. The molecule has 5 nitrogen and oxygen atoms in total. The third kappa shape index (κ3) is 4.63. The Kier molecular flexibility index (Phi) is 8.46. The van der Waals surface area contributed by atoms with E-state index in [-0.39, 0.29) is 29.8 Å². The lowest BCUT2D eigenvalue weighted by atomic mass is 9.54. The number of rotatable bonds is 7. The molecule has 2 atom stereocenters. The van der Waals surface area contributed by atoms with Crippen molar-refractivity contribution in [2.75, 3.05) is 19.8 Å². The Balaban J connectivity index is 0.00000288. The fourth-order valence-electron chi connectivity index (χ4n) is 3.78. The van der Waals surface area contributed by atoms with Crippen LogP contribution in [0.1, 0.15) is 65.7 Å². The maximum atomic E-state index is 12.5. The molecule has 0 saturated heterocycles. The fraction of sp³-hybridized carbons (Fsp3) is 0.944. The Bertz CT molecular complexity index is 398. The molecule has 0 aromatic rings. The Hall–Kier alpha value is -0.360. The van der Waals surface area contributed by atoms with Gasteiger partial charge in [-0.3, -0.25) is 4.79 Å². The van der Waals surface area contributed by atoms with Crippen molar-refractivity contribution in [3.63, 3.8) is 0 Å². The van der Waals surface area contributed by atoms with Crippen molar-refractivity contribution in [3.8, 4) is 0 Å². The van der Waals surface area contributed by atoms with Gasteiger partial charge in [0.2, 0.25) is 5.91 Å². The monoisotopic (exact) mass is 362 g/mol. The van der Waals surface area contributed by atoms with E-state index in [0.717, 1.165) is 12.8 Å². The molecule has 2 rings (SSSR count). The molecule has 1 amide bonds. The van der Waals surface area contributed by atoms with Crippen LogP contribution in [-0.4, -0.2) is 43.4 Å². The van der Waals surface area contributed by atoms with Crippen LogP contribution in [0.3, 0.4) is 0 Å². The quantitative estimate of drug-likeness (QED) is 0.539. The summed E-state index contributed by atoms with van der Waals surface area (Å²) in [7, 11) is 0. The summed E-state index contributed by atoms with van der Waals surface area (Å²) in [5, 5.41) is 2.95. The minimum absolute atomic E-state index is 0. The molecule has 24 heavy (non-hydrogen) atoms. The first-order valence-corrected chi connectivity index (χ1v) is 9.22. The molecule has 0 aliphatic heterocycles. The zero-order valence-corrected chi connectivity index (χ0v) is 16.3. The molecule has 3 N–H and O–H groups in total. The van der Waals surface area contributed by atoms with E-state index in [0.29, 0.717) is 32.3 Å². The third-order valence-electron chi connectivity index (χ3n) is 5.78. The molecule has 2 unspecified atom stereocenters. The van der Waals surface area contributed by atoms with Gasteiger partial charge < -0.3 is 20.5 Å². The van der Waals surface area contributed by atoms with Crippen LogP contribution in [-0.2, 0) is 14.3 Å². The lowest BCUT2D eigenvalue weighted by Crippen LogP contribution is -2.75. The van der Waals surface area contributed by atoms with Gasteiger partial charge in [-0.1, -0.05) is 39.5 Å². The van der Waals surface area contributed by atoms with Crippen LogP contribution in [0, 0.1) is 5.41 Å². The van der Waals surface area contributed by atoms with E-state index in [1.54, 1.807) is 0 Å². The van der Waals surface area contributed by atoms with E-state index in [2.05, 4.69) is 5.32 Å². The molecule has 0 bridgehead atoms. The van der Waals surface area contributed by atoms with Crippen LogP contribution >= 0.6 is 12.4 Å². The predicted octanol–water partition coefficient (Wildman–Crippen LogP) is 2.80. The van der Waals surface area contributed by atoms with Crippen molar-refractivity contribution in [2.45, 2.75) is 83.5 Å². The highest BCUT2D eigenvalue weighted by Crippen LogP contribution is 2.49. The maximum Gasteiger partial charge on any atom is 0.240 e. The number of hydrogen-bond acceptors (Lipinski definition) is 4. The standard InChI is InChI=1S/C18H34N2O3.ClH/c1-4-22-15-13-18(19,17(15,2)3)16(21)20-11-12-23-14-9-7-5-6-8-10-14;/h14-15H,4-13,19H2,1-3H3,(H,20,21);1H. The highest BCUT2D eigenvalue weighted by Gasteiger charge is 2.62. The van der Waals surface area contributed by atoms with Gasteiger partial charge in [-0.05, 0) is 19.8 Å². The van der Waals surface area contributed by atoms with E-state index in [4.69, 9.17) is 15.2 Å². The van der Waals surface area contributed by atoms with Gasteiger partial charge in [0, 0.05) is 25.0 Å². The van der Waals surface area contributed by atoms with Gasteiger partial charge in [0.05, 0.1) is 18.8 Å². The number of amides is 1. The van der Waals surface area contributed by atoms with Crippen LogP contribution in [0.5, 0.6) is 0 Å². The molecular weight excluding hydrogens is 328 g/mol. The minimum atomic E-state index is -0.838. The number of carbonyl (C=O) groups excluding carboxylic acids is 1. The van der Waals surface area contributed by atoms with E-state index in [9.17, 15) is 4.79 Å². The summed E-state index contributed by atoms with van der Waals surface area (Å²) in [6, 6.07) is 0. The highest BCUT2D eigenvalue weighted by atomic mass is 35.5. The molecule has 6 heteroatoms. The van der Waals surface area contributed by atoms with Crippen LogP contribution in [0.4, 0.5) is 0 Å². The molecule has 142 valence electrons. The summed E-state index contributed by atoms with van der Waals surface area (Å²) in [5.41, 5.74) is 5.18. The van der Waals surface area contributed by atoms with Crippen molar-refractivity contribution >= 4 is 18.3 Å². The second-order valence-corrected chi connectivity index (χ2v) is 7.58. The zero-order valence-electron chi connectivity index (χ0n) is 15.4. The largest absolute Gasteiger partial charge is 0.378 e. The molecule has 0 heterocycles. The summed E-state index contributed by atoms with van der Waals surface area (Å²) in [6.07, 6.45) is 8.48. The van der Waals surface area contributed by atoms with Crippen LogP contribution in [0.15, 0.2) is 0 Å². The first-order chi connectivity index (χ1) is 10.9. The molecule has 2 aliphatic rings. The molecule has 0 aromatic heterocycles. The van der Waals surface area contributed by atoms with Crippen molar-refractivity contribution in [2.24, 2.45) is 11.1 Å². The van der Waals surface area contributed by atoms with E-state index in [1.807, 2.05) is 20.8 Å². The van der Waals surface area contributed by atoms with Crippen LogP contribution < -0.4 is 11.1 Å². The Labute approximate surface area is 152 Å². The Morgan fingerprint density at radius 3 is 2.33 bits per heavy atom. The van der Waals surface area contributed by atoms with Crippen LogP contribution in [0.25, 0.3) is 0 Å². The summed E-state index contributed by atoms with van der Waals surface area (Å²) < 4.78 is 11.6. The second kappa shape index (κ2) is 9.37. The molecule has 0 aromatic carbocycles. The van der Waals surface area contributed by atoms with Crippen molar-refractivity contribution in [1.82, 2.24) is 5.32 Å². The number of ether oxygens (including phenoxy) is 2. The number of hydrogen-bond donors (Lipinski definition) is 2. The predicted molar refractivity (Wildman–Crippen MR) is 98.4 cm³/mol. The minimum Gasteiger partial charge on any atom is -0.378 e. The SMILES string of the molecule is CCOC1CC(N)(C(=O)NCCOC2CCCCCC2)C1(C)C.Cl. The van der Waals surface area contributed by atoms with E-state index < -0.39 is 5.54 Å². The molecule has 0 radical (unpaired) electrons. The van der Waals surface area contributed by atoms with Gasteiger partial charge in [-0.25, -0.2) is 0 Å². The zero-order chi connectivity index (χ0) is 16.9. The van der Waals surface area contributed by atoms with E-state index >= 15 is 0 Å². The summed E-state index contributed by atoms with van der Waals surface area (Å²) in [4.78, 5) is 12.5. The van der Waals surface area contributed by atoms with Gasteiger partial charge in [-0.15, -0.1) is 12.4 Å².